The number of ether oxygens (including phenoxy) is 1. The molecule has 7 nitrogen and oxygen atoms in total. The predicted molar refractivity (Wildman–Crippen MR) is 110 cm³/mol. The Kier molecular flexibility index (Phi) is 6.30. The van der Waals surface area contributed by atoms with Gasteiger partial charge in [0.1, 0.15) is 5.75 Å². The van der Waals surface area contributed by atoms with Crippen LogP contribution < -0.4 is 10.1 Å². The van der Waals surface area contributed by atoms with E-state index in [1.54, 1.807) is 4.68 Å². The first-order chi connectivity index (χ1) is 13.5. The molecule has 0 bridgehead atoms. The number of hydrogen-bond acceptors (Lipinski definition) is 6. The summed E-state index contributed by atoms with van der Waals surface area (Å²) in [5.74, 6) is 0.503. The van der Waals surface area contributed by atoms with Crippen molar-refractivity contribution in [3.63, 3.8) is 0 Å². The van der Waals surface area contributed by atoms with Crippen molar-refractivity contribution in [2.75, 3.05) is 11.9 Å². The molecule has 1 heterocycles. The number of thioether (sulfide) groups is 1. The summed E-state index contributed by atoms with van der Waals surface area (Å²) in [6.45, 7) is 8.31. The summed E-state index contributed by atoms with van der Waals surface area (Å²) < 4.78 is 7.23. The van der Waals surface area contributed by atoms with Crippen LogP contribution in [0.25, 0.3) is 5.69 Å². The number of nitrogens with one attached hydrogen (secondary N) is 1. The fraction of sp³-hybridized carbons (Fsp3) is 0.300. The van der Waals surface area contributed by atoms with E-state index in [9.17, 15) is 4.79 Å². The molecule has 2 aromatic carbocycles. The summed E-state index contributed by atoms with van der Waals surface area (Å²) in [4.78, 5) is 12.7. The van der Waals surface area contributed by atoms with Gasteiger partial charge in [0.05, 0.1) is 23.2 Å². The normalized spacial score (nSPS) is 11.9. The average molecular weight is 398 g/mol. The third-order valence-corrected chi connectivity index (χ3v) is 5.15. The fourth-order valence-corrected chi connectivity index (χ4v) is 3.54. The van der Waals surface area contributed by atoms with Gasteiger partial charge in [-0.1, -0.05) is 41.6 Å². The number of anilines is 1. The molecule has 0 saturated carbocycles. The monoisotopic (exact) mass is 397 g/mol. The summed E-state index contributed by atoms with van der Waals surface area (Å²) in [5, 5.41) is 15.1. The van der Waals surface area contributed by atoms with E-state index < -0.39 is 5.25 Å². The minimum atomic E-state index is -0.398. The van der Waals surface area contributed by atoms with Gasteiger partial charge < -0.3 is 10.1 Å². The second-order valence-corrected chi connectivity index (χ2v) is 7.65. The molecule has 0 aliphatic heterocycles. The first kappa shape index (κ1) is 19.9. The Morgan fingerprint density at radius 2 is 2.04 bits per heavy atom. The highest BCUT2D eigenvalue weighted by atomic mass is 32.2. The quantitative estimate of drug-likeness (QED) is 0.611. The number of aryl methyl sites for hydroxylation is 2. The maximum Gasteiger partial charge on any atom is 0.237 e. The summed E-state index contributed by atoms with van der Waals surface area (Å²) in [6.07, 6.45) is 0. The molecule has 0 radical (unpaired) electrons. The summed E-state index contributed by atoms with van der Waals surface area (Å²) in [7, 11) is 0. The molecule has 146 valence electrons. The lowest BCUT2D eigenvalue weighted by molar-refractivity contribution is -0.115. The molecular weight excluding hydrogens is 374 g/mol. The second kappa shape index (κ2) is 8.88. The van der Waals surface area contributed by atoms with Crippen molar-refractivity contribution in [2.24, 2.45) is 0 Å². The summed E-state index contributed by atoms with van der Waals surface area (Å²) >= 11 is 1.31. The first-order valence-corrected chi connectivity index (χ1v) is 9.93. The van der Waals surface area contributed by atoms with Crippen LogP contribution in [0.3, 0.4) is 0 Å². The third kappa shape index (κ3) is 4.51. The van der Waals surface area contributed by atoms with Crippen LogP contribution in [0.2, 0.25) is 0 Å². The largest absolute Gasteiger partial charge is 0.492 e. The third-order valence-electron chi connectivity index (χ3n) is 4.12. The van der Waals surface area contributed by atoms with E-state index in [4.69, 9.17) is 4.74 Å². The number of amides is 1. The Hall–Kier alpha value is -2.87. The van der Waals surface area contributed by atoms with Crippen LogP contribution in [0.15, 0.2) is 47.6 Å². The average Bonchev–Trinajstić information content (AvgIpc) is 3.11. The Bertz CT molecular complexity index is 973. The molecule has 0 fully saturated rings. The van der Waals surface area contributed by atoms with Gasteiger partial charge in [0.2, 0.25) is 11.1 Å². The van der Waals surface area contributed by atoms with Crippen LogP contribution >= 0.6 is 11.8 Å². The minimum absolute atomic E-state index is 0.146. The van der Waals surface area contributed by atoms with Crippen molar-refractivity contribution in [3.8, 4) is 11.4 Å². The van der Waals surface area contributed by atoms with Crippen molar-refractivity contribution in [3.05, 3.63) is 53.6 Å². The van der Waals surface area contributed by atoms with E-state index in [1.807, 2.05) is 64.1 Å². The number of hydrogen-bond donors (Lipinski definition) is 1. The number of carbonyl (C=O) groups excluding carboxylic acids is 1. The highest BCUT2D eigenvalue weighted by Crippen LogP contribution is 2.28. The van der Waals surface area contributed by atoms with Gasteiger partial charge in [-0.05, 0) is 61.9 Å². The Morgan fingerprint density at radius 3 is 2.79 bits per heavy atom. The van der Waals surface area contributed by atoms with Crippen molar-refractivity contribution >= 4 is 23.4 Å². The standard InChI is InChI=1S/C20H23N5O2S/c1-5-27-18-9-7-6-8-16(18)21-19(26)15(4)28-20-22-23-24-25(20)17-11-10-13(2)12-14(17)3/h6-12,15H,5H2,1-4H3,(H,21,26)/t15-/m0/s1. The Balaban J connectivity index is 1.75. The number of nitrogens with zero attached hydrogens (tertiary/aromatic N) is 4. The molecule has 1 amide bonds. The number of para-hydroxylation sites is 2. The van der Waals surface area contributed by atoms with Crippen LogP contribution in [-0.4, -0.2) is 38.0 Å². The Labute approximate surface area is 168 Å². The summed E-state index contributed by atoms with van der Waals surface area (Å²) in [6, 6.07) is 13.4. The van der Waals surface area contributed by atoms with Crippen molar-refractivity contribution in [2.45, 2.75) is 38.1 Å². The molecule has 28 heavy (non-hydrogen) atoms. The molecule has 1 aromatic heterocycles. The summed E-state index contributed by atoms with van der Waals surface area (Å²) in [5.41, 5.74) is 3.78. The second-order valence-electron chi connectivity index (χ2n) is 6.34. The zero-order valence-corrected chi connectivity index (χ0v) is 17.2. The zero-order chi connectivity index (χ0) is 20.1. The van der Waals surface area contributed by atoms with E-state index in [0.717, 1.165) is 11.3 Å². The lowest BCUT2D eigenvalue weighted by Gasteiger charge is -2.15. The molecule has 0 spiro atoms. The topological polar surface area (TPSA) is 81.9 Å². The van der Waals surface area contributed by atoms with Gasteiger partial charge in [0.25, 0.3) is 0 Å². The van der Waals surface area contributed by atoms with Crippen LogP contribution in [0.1, 0.15) is 25.0 Å². The van der Waals surface area contributed by atoms with E-state index in [-0.39, 0.29) is 5.91 Å². The van der Waals surface area contributed by atoms with E-state index in [0.29, 0.717) is 23.2 Å². The molecule has 1 atom stereocenters. The van der Waals surface area contributed by atoms with E-state index in [1.165, 1.54) is 17.3 Å². The van der Waals surface area contributed by atoms with E-state index >= 15 is 0 Å². The fourth-order valence-electron chi connectivity index (χ4n) is 2.74. The molecule has 0 saturated heterocycles. The van der Waals surface area contributed by atoms with Crippen LogP contribution in [0.5, 0.6) is 5.75 Å². The zero-order valence-electron chi connectivity index (χ0n) is 16.3. The number of benzene rings is 2. The maximum atomic E-state index is 12.7. The van der Waals surface area contributed by atoms with Crippen LogP contribution in [0.4, 0.5) is 5.69 Å². The number of tetrazole rings is 1. The molecule has 3 rings (SSSR count). The smallest absolute Gasteiger partial charge is 0.237 e. The number of aromatic nitrogens is 4. The molecule has 0 unspecified atom stereocenters. The minimum Gasteiger partial charge on any atom is -0.492 e. The van der Waals surface area contributed by atoms with Gasteiger partial charge in [-0.25, -0.2) is 0 Å². The van der Waals surface area contributed by atoms with Crippen LogP contribution in [-0.2, 0) is 4.79 Å². The van der Waals surface area contributed by atoms with Crippen molar-refractivity contribution in [1.82, 2.24) is 20.2 Å². The van der Waals surface area contributed by atoms with Gasteiger partial charge in [0, 0.05) is 0 Å². The van der Waals surface area contributed by atoms with Gasteiger partial charge >= 0.3 is 0 Å². The van der Waals surface area contributed by atoms with Crippen molar-refractivity contribution in [1.29, 1.82) is 0 Å². The van der Waals surface area contributed by atoms with Gasteiger partial charge in [0.15, 0.2) is 0 Å². The molecule has 8 heteroatoms. The highest BCUT2D eigenvalue weighted by Gasteiger charge is 2.21. The molecule has 0 aliphatic rings. The first-order valence-electron chi connectivity index (χ1n) is 9.05. The van der Waals surface area contributed by atoms with Crippen molar-refractivity contribution < 1.29 is 9.53 Å². The lowest BCUT2D eigenvalue weighted by Crippen LogP contribution is -2.23. The van der Waals surface area contributed by atoms with E-state index in [2.05, 4.69) is 26.9 Å². The molecule has 0 aliphatic carbocycles. The Morgan fingerprint density at radius 1 is 1.25 bits per heavy atom. The maximum absolute atomic E-state index is 12.7. The molecular formula is C20H23N5O2S. The highest BCUT2D eigenvalue weighted by molar-refractivity contribution is 8.00. The molecule has 3 aromatic rings. The predicted octanol–water partition coefficient (Wildman–Crippen LogP) is 3.80. The SMILES string of the molecule is CCOc1ccccc1NC(=O)[C@H](C)Sc1nnnn1-c1ccc(C)cc1C. The molecule has 1 N–H and O–H groups in total. The van der Waals surface area contributed by atoms with Gasteiger partial charge in [-0.15, -0.1) is 5.10 Å². The number of carbonyl (C=O) groups is 1. The number of rotatable bonds is 7. The lowest BCUT2D eigenvalue weighted by atomic mass is 10.1. The van der Waals surface area contributed by atoms with Gasteiger partial charge in [-0.2, -0.15) is 4.68 Å². The van der Waals surface area contributed by atoms with Gasteiger partial charge in [-0.3, -0.25) is 4.79 Å². The van der Waals surface area contributed by atoms with Crippen LogP contribution in [0, 0.1) is 13.8 Å².